The molecule has 17 heavy (non-hydrogen) atoms. The van der Waals surface area contributed by atoms with Gasteiger partial charge in [0.1, 0.15) is 11.5 Å². The summed E-state index contributed by atoms with van der Waals surface area (Å²) in [7, 11) is 0. The zero-order valence-corrected chi connectivity index (χ0v) is 9.50. The van der Waals surface area contributed by atoms with Crippen LogP contribution in [-0.2, 0) is 4.74 Å². The van der Waals surface area contributed by atoms with Gasteiger partial charge in [0, 0.05) is 25.3 Å². The van der Waals surface area contributed by atoms with Crippen molar-refractivity contribution in [2.24, 2.45) is 0 Å². The summed E-state index contributed by atoms with van der Waals surface area (Å²) in [6.07, 6.45) is 4.76. The first kappa shape index (κ1) is 10.5. The number of aldehydes is 1. The van der Waals surface area contributed by atoms with Gasteiger partial charge in [-0.25, -0.2) is 4.98 Å². The van der Waals surface area contributed by atoms with Crippen LogP contribution in [0.15, 0.2) is 24.4 Å². The van der Waals surface area contributed by atoms with Crippen molar-refractivity contribution in [1.29, 1.82) is 0 Å². The number of ether oxygens (including phenoxy) is 1. The minimum atomic E-state index is 0.396. The van der Waals surface area contributed by atoms with Gasteiger partial charge in [-0.1, -0.05) is 6.07 Å². The number of carbonyl (C=O) groups is 1. The van der Waals surface area contributed by atoms with E-state index in [9.17, 15) is 4.79 Å². The largest absolute Gasteiger partial charge is 0.381 e. The molecule has 0 amide bonds. The minimum Gasteiger partial charge on any atom is -0.381 e. The summed E-state index contributed by atoms with van der Waals surface area (Å²) in [5.74, 6) is 1.39. The molecule has 0 aromatic carbocycles. The predicted octanol–water partition coefficient (Wildman–Crippen LogP) is 2.04. The fourth-order valence-electron chi connectivity index (χ4n) is 2.42. The van der Waals surface area contributed by atoms with Crippen molar-refractivity contribution in [3.05, 3.63) is 35.9 Å². The van der Waals surface area contributed by atoms with Gasteiger partial charge < -0.3 is 9.14 Å². The molecule has 2 aromatic rings. The molecule has 0 aliphatic carbocycles. The molecule has 3 rings (SSSR count). The van der Waals surface area contributed by atoms with Gasteiger partial charge in [0.2, 0.25) is 0 Å². The Labute approximate surface area is 99.2 Å². The van der Waals surface area contributed by atoms with E-state index in [1.165, 1.54) is 0 Å². The number of hydrogen-bond acceptors (Lipinski definition) is 3. The SMILES string of the molecule is O=Cc1nc(C2CCOCC2)n2ccccc12. The molecule has 1 aliphatic rings. The molecule has 3 heterocycles. The fraction of sp³-hybridized carbons (Fsp3) is 0.385. The maximum atomic E-state index is 11.0. The highest BCUT2D eigenvalue weighted by Crippen LogP contribution is 2.27. The van der Waals surface area contributed by atoms with Crippen LogP contribution < -0.4 is 0 Å². The normalized spacial score (nSPS) is 17.4. The maximum Gasteiger partial charge on any atom is 0.170 e. The highest BCUT2D eigenvalue weighted by molar-refractivity contribution is 5.83. The molecular formula is C13H14N2O2. The Morgan fingerprint density at radius 1 is 1.35 bits per heavy atom. The van der Waals surface area contributed by atoms with Gasteiger partial charge in [0.15, 0.2) is 6.29 Å². The summed E-state index contributed by atoms with van der Waals surface area (Å²) in [5.41, 5.74) is 1.43. The quantitative estimate of drug-likeness (QED) is 0.741. The lowest BCUT2D eigenvalue weighted by Gasteiger charge is -2.20. The fourth-order valence-corrected chi connectivity index (χ4v) is 2.42. The molecule has 0 N–H and O–H groups in total. The molecule has 0 radical (unpaired) electrons. The van der Waals surface area contributed by atoms with Gasteiger partial charge in [-0.2, -0.15) is 0 Å². The van der Waals surface area contributed by atoms with Crippen LogP contribution in [0.2, 0.25) is 0 Å². The first-order valence-electron chi connectivity index (χ1n) is 5.90. The van der Waals surface area contributed by atoms with Gasteiger partial charge >= 0.3 is 0 Å². The van der Waals surface area contributed by atoms with Crippen molar-refractivity contribution in [3.63, 3.8) is 0 Å². The Bertz CT molecular complexity index is 541. The van der Waals surface area contributed by atoms with E-state index in [2.05, 4.69) is 4.98 Å². The number of aromatic nitrogens is 2. The number of nitrogens with zero attached hydrogens (tertiary/aromatic N) is 2. The van der Waals surface area contributed by atoms with Crippen molar-refractivity contribution in [2.45, 2.75) is 18.8 Å². The van der Waals surface area contributed by atoms with Crippen LogP contribution in [0.5, 0.6) is 0 Å². The van der Waals surface area contributed by atoms with Crippen LogP contribution in [0, 0.1) is 0 Å². The maximum absolute atomic E-state index is 11.0. The summed E-state index contributed by atoms with van der Waals surface area (Å²) < 4.78 is 7.39. The minimum absolute atomic E-state index is 0.396. The number of carbonyl (C=O) groups excluding carboxylic acids is 1. The molecule has 0 saturated carbocycles. The molecule has 1 fully saturated rings. The van der Waals surface area contributed by atoms with Gasteiger partial charge in [-0.3, -0.25) is 4.79 Å². The lowest BCUT2D eigenvalue weighted by atomic mass is 10.00. The summed E-state index contributed by atoms with van der Waals surface area (Å²) in [6, 6.07) is 5.82. The molecule has 4 nitrogen and oxygen atoms in total. The van der Waals surface area contributed by atoms with Crippen molar-refractivity contribution in [3.8, 4) is 0 Å². The summed E-state index contributed by atoms with van der Waals surface area (Å²) in [6.45, 7) is 1.56. The Morgan fingerprint density at radius 2 is 2.18 bits per heavy atom. The lowest BCUT2D eigenvalue weighted by molar-refractivity contribution is 0.0834. The van der Waals surface area contributed by atoms with Crippen LogP contribution in [0.25, 0.3) is 5.52 Å². The third kappa shape index (κ3) is 1.74. The monoisotopic (exact) mass is 230 g/mol. The Morgan fingerprint density at radius 3 is 2.94 bits per heavy atom. The molecule has 1 saturated heterocycles. The molecule has 2 aromatic heterocycles. The standard InChI is InChI=1S/C13H14N2O2/c16-9-11-12-3-1-2-6-15(12)13(14-11)10-4-7-17-8-5-10/h1-3,6,9-10H,4-5,7-8H2. The molecule has 4 heteroatoms. The summed E-state index contributed by atoms with van der Waals surface area (Å²) in [4.78, 5) is 15.5. The molecule has 1 aliphatic heterocycles. The molecule has 0 atom stereocenters. The molecule has 0 spiro atoms. The number of pyridine rings is 1. The van der Waals surface area contributed by atoms with Crippen LogP contribution in [-0.4, -0.2) is 28.9 Å². The van der Waals surface area contributed by atoms with Crippen molar-refractivity contribution < 1.29 is 9.53 Å². The van der Waals surface area contributed by atoms with Crippen LogP contribution in [0.4, 0.5) is 0 Å². The van der Waals surface area contributed by atoms with Gasteiger partial charge in [-0.15, -0.1) is 0 Å². The van der Waals surface area contributed by atoms with Crippen LogP contribution in [0.3, 0.4) is 0 Å². The van der Waals surface area contributed by atoms with E-state index < -0.39 is 0 Å². The number of imidazole rings is 1. The Kier molecular flexibility index (Phi) is 2.65. The Hall–Kier alpha value is -1.68. The number of rotatable bonds is 2. The molecular weight excluding hydrogens is 216 g/mol. The third-order valence-electron chi connectivity index (χ3n) is 3.30. The first-order chi connectivity index (χ1) is 8.40. The first-order valence-corrected chi connectivity index (χ1v) is 5.90. The van der Waals surface area contributed by atoms with Crippen molar-refractivity contribution in [2.75, 3.05) is 13.2 Å². The van der Waals surface area contributed by atoms with Crippen molar-refractivity contribution in [1.82, 2.24) is 9.38 Å². The molecule has 88 valence electrons. The van der Waals surface area contributed by atoms with E-state index in [4.69, 9.17) is 4.74 Å². The second kappa shape index (κ2) is 4.30. The number of hydrogen-bond donors (Lipinski definition) is 0. The second-order valence-corrected chi connectivity index (χ2v) is 4.32. The second-order valence-electron chi connectivity index (χ2n) is 4.32. The van der Waals surface area contributed by atoms with Crippen LogP contribution in [0.1, 0.15) is 35.1 Å². The summed E-state index contributed by atoms with van der Waals surface area (Å²) in [5, 5.41) is 0. The predicted molar refractivity (Wildman–Crippen MR) is 63.4 cm³/mol. The highest BCUT2D eigenvalue weighted by atomic mass is 16.5. The highest BCUT2D eigenvalue weighted by Gasteiger charge is 2.21. The van der Waals surface area contributed by atoms with E-state index >= 15 is 0 Å². The van der Waals surface area contributed by atoms with Crippen molar-refractivity contribution >= 4 is 11.8 Å². The average molecular weight is 230 g/mol. The zero-order chi connectivity index (χ0) is 11.7. The van der Waals surface area contributed by atoms with E-state index in [1.807, 2.05) is 28.8 Å². The smallest absolute Gasteiger partial charge is 0.170 e. The van der Waals surface area contributed by atoms with E-state index in [0.717, 1.165) is 43.7 Å². The third-order valence-corrected chi connectivity index (χ3v) is 3.30. The zero-order valence-electron chi connectivity index (χ0n) is 9.50. The average Bonchev–Trinajstić information content (AvgIpc) is 2.78. The van der Waals surface area contributed by atoms with E-state index in [1.54, 1.807) is 0 Å². The molecule has 0 bridgehead atoms. The van der Waals surface area contributed by atoms with Gasteiger partial charge in [0.05, 0.1) is 5.52 Å². The van der Waals surface area contributed by atoms with Gasteiger partial charge in [0.25, 0.3) is 0 Å². The lowest BCUT2D eigenvalue weighted by Crippen LogP contribution is -2.16. The van der Waals surface area contributed by atoms with E-state index in [0.29, 0.717) is 11.6 Å². The topological polar surface area (TPSA) is 43.6 Å². The Balaban J connectivity index is 2.11. The van der Waals surface area contributed by atoms with Crippen LogP contribution >= 0.6 is 0 Å². The number of fused-ring (bicyclic) bond motifs is 1. The van der Waals surface area contributed by atoms with E-state index in [-0.39, 0.29) is 0 Å². The molecule has 0 unspecified atom stereocenters. The summed E-state index contributed by atoms with van der Waals surface area (Å²) >= 11 is 0. The van der Waals surface area contributed by atoms with Gasteiger partial charge in [-0.05, 0) is 25.0 Å².